The standard InChI is InChI=1S/C11H15NO3S/c1-12(5-3-11(14)15-2)10(13)7-9-4-6-16-8-9/h4,6,8H,3,5,7H2,1-2H3. The lowest BCUT2D eigenvalue weighted by molar-refractivity contribution is -0.141. The third-order valence-corrected chi connectivity index (χ3v) is 2.97. The van der Waals surface area contributed by atoms with Crippen molar-refractivity contribution >= 4 is 23.2 Å². The van der Waals surface area contributed by atoms with Crippen LogP contribution >= 0.6 is 11.3 Å². The molecule has 0 spiro atoms. The summed E-state index contributed by atoms with van der Waals surface area (Å²) in [5.74, 6) is -0.280. The van der Waals surface area contributed by atoms with Crippen LogP contribution in [0.2, 0.25) is 0 Å². The van der Waals surface area contributed by atoms with Crippen molar-refractivity contribution in [3.05, 3.63) is 22.4 Å². The number of hydrogen-bond acceptors (Lipinski definition) is 4. The summed E-state index contributed by atoms with van der Waals surface area (Å²) in [5, 5.41) is 3.89. The van der Waals surface area contributed by atoms with E-state index in [1.807, 2.05) is 16.8 Å². The SMILES string of the molecule is COC(=O)CCN(C)C(=O)Cc1ccsc1. The third kappa shape index (κ3) is 4.02. The van der Waals surface area contributed by atoms with Crippen molar-refractivity contribution in [3.63, 3.8) is 0 Å². The largest absolute Gasteiger partial charge is 0.469 e. The van der Waals surface area contributed by atoms with E-state index in [1.165, 1.54) is 7.11 Å². The molecule has 1 heterocycles. The molecule has 0 atom stereocenters. The van der Waals surface area contributed by atoms with Crippen LogP contribution in [0.4, 0.5) is 0 Å². The van der Waals surface area contributed by atoms with Crippen LogP contribution in [-0.2, 0) is 20.7 Å². The Hall–Kier alpha value is -1.36. The van der Waals surface area contributed by atoms with Crippen LogP contribution in [0.1, 0.15) is 12.0 Å². The first-order valence-electron chi connectivity index (χ1n) is 4.95. The van der Waals surface area contributed by atoms with Crippen molar-refractivity contribution in [1.82, 2.24) is 4.90 Å². The first-order chi connectivity index (χ1) is 7.63. The third-order valence-electron chi connectivity index (χ3n) is 2.24. The normalized spacial score (nSPS) is 9.88. The summed E-state index contributed by atoms with van der Waals surface area (Å²) < 4.78 is 4.51. The van der Waals surface area contributed by atoms with Crippen LogP contribution in [0.15, 0.2) is 16.8 Å². The molecule has 0 aliphatic rings. The fraction of sp³-hybridized carbons (Fsp3) is 0.455. The predicted molar refractivity (Wildman–Crippen MR) is 62.3 cm³/mol. The maximum absolute atomic E-state index is 11.7. The second-order valence-electron chi connectivity index (χ2n) is 3.45. The van der Waals surface area contributed by atoms with Gasteiger partial charge in [0.1, 0.15) is 0 Å². The van der Waals surface area contributed by atoms with Gasteiger partial charge in [-0.15, -0.1) is 0 Å². The van der Waals surface area contributed by atoms with E-state index in [0.29, 0.717) is 13.0 Å². The average Bonchev–Trinajstić information content (AvgIpc) is 2.77. The zero-order valence-electron chi connectivity index (χ0n) is 9.43. The molecule has 1 amide bonds. The number of nitrogens with zero attached hydrogens (tertiary/aromatic N) is 1. The van der Waals surface area contributed by atoms with Gasteiger partial charge >= 0.3 is 5.97 Å². The van der Waals surface area contributed by atoms with Gasteiger partial charge in [-0.3, -0.25) is 9.59 Å². The Morgan fingerprint density at radius 2 is 2.25 bits per heavy atom. The Balaban J connectivity index is 2.33. The van der Waals surface area contributed by atoms with Crippen LogP contribution in [-0.4, -0.2) is 37.5 Å². The number of carbonyl (C=O) groups excluding carboxylic acids is 2. The Bertz CT molecular complexity index is 348. The van der Waals surface area contributed by atoms with Crippen molar-refractivity contribution in [2.75, 3.05) is 20.7 Å². The zero-order valence-corrected chi connectivity index (χ0v) is 10.3. The number of methoxy groups -OCH3 is 1. The van der Waals surface area contributed by atoms with Gasteiger partial charge < -0.3 is 9.64 Å². The molecule has 88 valence electrons. The summed E-state index contributed by atoms with van der Waals surface area (Å²) in [6.45, 7) is 0.398. The molecule has 0 saturated heterocycles. The second-order valence-corrected chi connectivity index (χ2v) is 4.23. The predicted octanol–water partition coefficient (Wildman–Crippen LogP) is 1.31. The van der Waals surface area contributed by atoms with Gasteiger partial charge in [-0.2, -0.15) is 11.3 Å². The highest BCUT2D eigenvalue weighted by Gasteiger charge is 2.11. The maximum atomic E-state index is 11.7. The number of hydrogen-bond donors (Lipinski definition) is 0. The molecular formula is C11H15NO3S. The van der Waals surface area contributed by atoms with Gasteiger partial charge in [0.15, 0.2) is 0 Å². The fourth-order valence-electron chi connectivity index (χ4n) is 1.19. The molecule has 0 saturated carbocycles. The summed E-state index contributed by atoms with van der Waals surface area (Å²) >= 11 is 1.57. The average molecular weight is 241 g/mol. The van der Waals surface area contributed by atoms with Gasteiger partial charge in [0.05, 0.1) is 20.0 Å². The molecule has 0 aliphatic heterocycles. The maximum Gasteiger partial charge on any atom is 0.307 e. The summed E-state index contributed by atoms with van der Waals surface area (Å²) in [7, 11) is 3.03. The van der Waals surface area contributed by atoms with Crippen LogP contribution < -0.4 is 0 Å². The summed E-state index contributed by atoms with van der Waals surface area (Å²) in [4.78, 5) is 24.1. The number of likely N-dealkylation sites (N-methyl/N-ethyl adjacent to an activating group) is 1. The Morgan fingerprint density at radius 3 is 2.81 bits per heavy atom. The number of ether oxygens (including phenoxy) is 1. The minimum Gasteiger partial charge on any atom is -0.469 e. The molecule has 1 aromatic rings. The Kier molecular flexibility index (Phi) is 4.98. The van der Waals surface area contributed by atoms with Gasteiger partial charge in [-0.05, 0) is 22.4 Å². The van der Waals surface area contributed by atoms with Gasteiger partial charge in [-0.25, -0.2) is 0 Å². The molecule has 0 N–H and O–H groups in total. The van der Waals surface area contributed by atoms with E-state index in [9.17, 15) is 9.59 Å². The quantitative estimate of drug-likeness (QED) is 0.730. The van der Waals surface area contributed by atoms with E-state index in [1.54, 1.807) is 23.3 Å². The van der Waals surface area contributed by atoms with Gasteiger partial charge in [0, 0.05) is 13.6 Å². The smallest absolute Gasteiger partial charge is 0.307 e. The Labute approximate surface area is 98.8 Å². The molecule has 0 unspecified atom stereocenters. The number of thiophene rings is 1. The molecule has 0 radical (unpaired) electrons. The first-order valence-corrected chi connectivity index (χ1v) is 5.89. The van der Waals surface area contributed by atoms with Crippen LogP contribution in [0.25, 0.3) is 0 Å². The molecular weight excluding hydrogens is 226 g/mol. The van der Waals surface area contributed by atoms with E-state index in [2.05, 4.69) is 4.74 Å². The second kappa shape index (κ2) is 6.27. The molecule has 0 aromatic carbocycles. The lowest BCUT2D eigenvalue weighted by Crippen LogP contribution is -2.30. The topological polar surface area (TPSA) is 46.6 Å². The number of amides is 1. The first kappa shape index (κ1) is 12.7. The summed E-state index contributed by atoms with van der Waals surface area (Å²) in [6, 6.07) is 1.93. The molecule has 16 heavy (non-hydrogen) atoms. The van der Waals surface area contributed by atoms with Crippen molar-refractivity contribution in [2.24, 2.45) is 0 Å². The highest BCUT2D eigenvalue weighted by molar-refractivity contribution is 7.07. The minimum absolute atomic E-state index is 0.0160. The molecule has 4 nitrogen and oxygen atoms in total. The molecule has 5 heteroatoms. The van der Waals surface area contributed by atoms with E-state index < -0.39 is 0 Å². The molecule has 0 aliphatic carbocycles. The number of rotatable bonds is 5. The molecule has 0 fully saturated rings. The fourth-order valence-corrected chi connectivity index (χ4v) is 1.86. The highest BCUT2D eigenvalue weighted by Crippen LogP contribution is 2.07. The molecule has 1 rings (SSSR count). The Morgan fingerprint density at radius 1 is 1.50 bits per heavy atom. The van der Waals surface area contributed by atoms with Crippen molar-refractivity contribution < 1.29 is 14.3 Å². The van der Waals surface area contributed by atoms with Crippen LogP contribution in [0.3, 0.4) is 0 Å². The van der Waals surface area contributed by atoms with Crippen molar-refractivity contribution in [2.45, 2.75) is 12.8 Å². The molecule has 0 bridgehead atoms. The van der Waals surface area contributed by atoms with E-state index in [0.717, 1.165) is 5.56 Å². The highest BCUT2D eigenvalue weighted by atomic mass is 32.1. The van der Waals surface area contributed by atoms with Crippen LogP contribution in [0, 0.1) is 0 Å². The van der Waals surface area contributed by atoms with E-state index in [-0.39, 0.29) is 18.3 Å². The minimum atomic E-state index is -0.296. The monoisotopic (exact) mass is 241 g/mol. The lowest BCUT2D eigenvalue weighted by Gasteiger charge is -2.15. The lowest BCUT2D eigenvalue weighted by atomic mass is 10.2. The summed E-state index contributed by atoms with van der Waals surface area (Å²) in [5.41, 5.74) is 1.01. The zero-order chi connectivity index (χ0) is 12.0. The van der Waals surface area contributed by atoms with E-state index in [4.69, 9.17) is 0 Å². The van der Waals surface area contributed by atoms with E-state index >= 15 is 0 Å². The van der Waals surface area contributed by atoms with Gasteiger partial charge in [0.2, 0.25) is 5.91 Å². The number of esters is 1. The van der Waals surface area contributed by atoms with Gasteiger partial charge in [0.25, 0.3) is 0 Å². The number of carbonyl (C=O) groups is 2. The van der Waals surface area contributed by atoms with Crippen LogP contribution in [0.5, 0.6) is 0 Å². The van der Waals surface area contributed by atoms with Crippen molar-refractivity contribution in [3.8, 4) is 0 Å². The summed E-state index contributed by atoms with van der Waals surface area (Å²) in [6.07, 6.45) is 0.629. The molecule has 1 aromatic heterocycles. The van der Waals surface area contributed by atoms with Crippen molar-refractivity contribution in [1.29, 1.82) is 0 Å². The van der Waals surface area contributed by atoms with Gasteiger partial charge in [-0.1, -0.05) is 0 Å².